The lowest BCUT2D eigenvalue weighted by Gasteiger charge is -2.32. The third-order valence-electron chi connectivity index (χ3n) is 3.85. The fourth-order valence-corrected chi connectivity index (χ4v) is 2.62. The molecule has 2 aromatic rings. The van der Waals surface area contributed by atoms with Crippen LogP contribution < -0.4 is 10.6 Å². The van der Waals surface area contributed by atoms with E-state index in [1.807, 2.05) is 17.0 Å². The summed E-state index contributed by atoms with van der Waals surface area (Å²) in [5.74, 6) is 0.331. The first-order valence-electron chi connectivity index (χ1n) is 7.43. The predicted octanol–water partition coefficient (Wildman–Crippen LogP) is 1.14. The van der Waals surface area contributed by atoms with Crippen molar-refractivity contribution in [3.05, 3.63) is 51.7 Å². The smallest absolute Gasteiger partial charge is 0.407 e. The Balaban J connectivity index is 1.70. The van der Waals surface area contributed by atoms with Crippen molar-refractivity contribution in [2.45, 2.75) is 6.54 Å². The van der Waals surface area contributed by atoms with E-state index >= 15 is 0 Å². The Bertz CT molecular complexity index is 784. The minimum atomic E-state index is -0.936. The summed E-state index contributed by atoms with van der Waals surface area (Å²) in [5, 5.41) is 9.58. The van der Waals surface area contributed by atoms with E-state index < -0.39 is 11.8 Å². The van der Waals surface area contributed by atoms with Gasteiger partial charge in [-0.3, -0.25) is 4.57 Å². The van der Waals surface area contributed by atoms with Gasteiger partial charge in [-0.25, -0.2) is 14.6 Å². The van der Waals surface area contributed by atoms with E-state index in [1.165, 1.54) is 15.8 Å². The molecule has 0 unspecified atom stereocenters. The maximum atomic E-state index is 12.2. The van der Waals surface area contributed by atoms with Crippen LogP contribution in [0.5, 0.6) is 0 Å². The number of amides is 1. The van der Waals surface area contributed by atoms with E-state index in [2.05, 4.69) is 9.97 Å². The van der Waals surface area contributed by atoms with Gasteiger partial charge >= 0.3 is 11.8 Å². The molecule has 1 aliphatic heterocycles. The second kappa shape index (κ2) is 6.88. The second-order valence-electron chi connectivity index (χ2n) is 5.45. The third kappa shape index (κ3) is 3.65. The highest BCUT2D eigenvalue weighted by molar-refractivity contribution is 6.30. The van der Waals surface area contributed by atoms with Crippen LogP contribution in [0.3, 0.4) is 0 Å². The van der Waals surface area contributed by atoms with Crippen LogP contribution in [0.25, 0.3) is 0 Å². The summed E-state index contributed by atoms with van der Waals surface area (Å²) >= 11 is 5.84. The molecule has 1 aliphatic rings. The standard InChI is InChI=1S/C15H16ClN5O3/c16-12-3-1-11(2-4-12)9-21-10-17-13(18-14(21)22)19-5-7-20(8-6-19)15(23)24/h1-4,10H,5-9H2,(H,23,24). The Labute approximate surface area is 142 Å². The summed E-state index contributed by atoms with van der Waals surface area (Å²) in [7, 11) is 0. The van der Waals surface area contributed by atoms with Crippen molar-refractivity contribution in [3.8, 4) is 0 Å². The van der Waals surface area contributed by atoms with Gasteiger partial charge in [-0.05, 0) is 17.7 Å². The van der Waals surface area contributed by atoms with Gasteiger partial charge in [0.25, 0.3) is 0 Å². The number of benzene rings is 1. The molecule has 0 bridgehead atoms. The number of piperazine rings is 1. The molecule has 24 heavy (non-hydrogen) atoms. The highest BCUT2D eigenvalue weighted by Gasteiger charge is 2.22. The lowest BCUT2D eigenvalue weighted by molar-refractivity contribution is 0.142. The van der Waals surface area contributed by atoms with Crippen molar-refractivity contribution < 1.29 is 9.90 Å². The van der Waals surface area contributed by atoms with Gasteiger partial charge in [0.1, 0.15) is 6.33 Å². The first-order chi connectivity index (χ1) is 11.5. The number of carbonyl (C=O) groups is 1. The molecule has 126 valence electrons. The molecule has 1 N–H and O–H groups in total. The van der Waals surface area contributed by atoms with Gasteiger partial charge in [0.05, 0.1) is 6.54 Å². The molecule has 0 saturated carbocycles. The number of halogens is 1. The van der Waals surface area contributed by atoms with Crippen LogP contribution in [0.15, 0.2) is 35.4 Å². The Morgan fingerprint density at radius 2 is 1.83 bits per heavy atom. The van der Waals surface area contributed by atoms with Crippen molar-refractivity contribution in [1.29, 1.82) is 0 Å². The largest absolute Gasteiger partial charge is 0.465 e. The normalized spacial score (nSPS) is 14.7. The SMILES string of the molecule is O=C(O)N1CCN(c2ncn(Cc3ccc(Cl)cc3)c(=O)n2)CC1. The fraction of sp³-hybridized carbons (Fsp3) is 0.333. The molecule has 0 radical (unpaired) electrons. The van der Waals surface area contributed by atoms with Gasteiger partial charge in [0, 0.05) is 31.2 Å². The van der Waals surface area contributed by atoms with Crippen LogP contribution in [0.2, 0.25) is 5.02 Å². The monoisotopic (exact) mass is 349 g/mol. The van der Waals surface area contributed by atoms with E-state index in [0.29, 0.717) is 43.7 Å². The maximum absolute atomic E-state index is 12.2. The van der Waals surface area contributed by atoms with Gasteiger partial charge in [-0.1, -0.05) is 23.7 Å². The molecule has 8 nitrogen and oxygen atoms in total. The van der Waals surface area contributed by atoms with E-state index in [0.717, 1.165) is 5.56 Å². The lowest BCUT2D eigenvalue weighted by Crippen LogP contribution is -2.49. The molecule has 1 saturated heterocycles. The average Bonchev–Trinajstić information content (AvgIpc) is 2.58. The second-order valence-corrected chi connectivity index (χ2v) is 5.89. The van der Waals surface area contributed by atoms with Crippen molar-refractivity contribution in [3.63, 3.8) is 0 Å². The molecule has 1 aromatic heterocycles. The summed E-state index contributed by atoms with van der Waals surface area (Å²) in [4.78, 5) is 34.5. The summed E-state index contributed by atoms with van der Waals surface area (Å²) in [5.41, 5.74) is 0.531. The highest BCUT2D eigenvalue weighted by Crippen LogP contribution is 2.11. The Hall–Kier alpha value is -2.61. The van der Waals surface area contributed by atoms with Crippen LogP contribution in [0.4, 0.5) is 10.7 Å². The van der Waals surface area contributed by atoms with Crippen LogP contribution in [0, 0.1) is 0 Å². The minimum Gasteiger partial charge on any atom is -0.465 e. The van der Waals surface area contributed by atoms with Gasteiger partial charge < -0.3 is 14.9 Å². The number of hydrogen-bond donors (Lipinski definition) is 1. The zero-order valence-electron chi connectivity index (χ0n) is 12.8. The molecule has 1 fully saturated rings. The Morgan fingerprint density at radius 1 is 1.17 bits per heavy atom. The number of aromatic nitrogens is 3. The van der Waals surface area contributed by atoms with E-state index in [9.17, 15) is 9.59 Å². The first kappa shape index (κ1) is 16.3. The Kier molecular flexibility index (Phi) is 4.66. The number of nitrogens with zero attached hydrogens (tertiary/aromatic N) is 5. The molecular weight excluding hydrogens is 334 g/mol. The minimum absolute atomic E-state index is 0.331. The molecule has 9 heteroatoms. The summed E-state index contributed by atoms with van der Waals surface area (Å²) < 4.78 is 1.42. The molecule has 1 aromatic carbocycles. The third-order valence-corrected chi connectivity index (χ3v) is 4.11. The predicted molar refractivity (Wildman–Crippen MR) is 88.7 cm³/mol. The number of anilines is 1. The van der Waals surface area contributed by atoms with Gasteiger partial charge in [0.2, 0.25) is 5.95 Å². The first-order valence-corrected chi connectivity index (χ1v) is 7.81. The summed E-state index contributed by atoms with van der Waals surface area (Å²) in [6, 6.07) is 7.21. The molecule has 3 rings (SSSR count). The van der Waals surface area contributed by atoms with Crippen LogP contribution >= 0.6 is 11.6 Å². The molecule has 0 aliphatic carbocycles. The van der Waals surface area contributed by atoms with Crippen LogP contribution in [0.1, 0.15) is 5.56 Å². The average molecular weight is 350 g/mol. The summed E-state index contributed by atoms with van der Waals surface area (Å²) in [6.07, 6.45) is 0.525. The molecule has 0 spiro atoms. The van der Waals surface area contributed by atoms with Crippen LogP contribution in [-0.2, 0) is 6.54 Å². The van der Waals surface area contributed by atoms with E-state index in [4.69, 9.17) is 16.7 Å². The number of rotatable bonds is 3. The van der Waals surface area contributed by atoms with Crippen LogP contribution in [-0.4, -0.2) is 56.8 Å². The van der Waals surface area contributed by atoms with E-state index in [-0.39, 0.29) is 0 Å². The van der Waals surface area contributed by atoms with Gasteiger partial charge in [-0.2, -0.15) is 4.98 Å². The van der Waals surface area contributed by atoms with Crippen molar-refractivity contribution >= 4 is 23.6 Å². The maximum Gasteiger partial charge on any atom is 0.407 e. The zero-order chi connectivity index (χ0) is 17.1. The van der Waals surface area contributed by atoms with Crippen molar-refractivity contribution in [2.24, 2.45) is 0 Å². The molecule has 1 amide bonds. The molecule has 2 heterocycles. The van der Waals surface area contributed by atoms with Gasteiger partial charge in [0.15, 0.2) is 0 Å². The fourth-order valence-electron chi connectivity index (χ4n) is 2.49. The highest BCUT2D eigenvalue weighted by atomic mass is 35.5. The Morgan fingerprint density at radius 3 is 2.42 bits per heavy atom. The quantitative estimate of drug-likeness (QED) is 0.893. The van der Waals surface area contributed by atoms with Crippen molar-refractivity contribution in [2.75, 3.05) is 31.1 Å². The summed E-state index contributed by atoms with van der Waals surface area (Å²) in [6.45, 7) is 2.03. The van der Waals surface area contributed by atoms with Gasteiger partial charge in [-0.15, -0.1) is 0 Å². The lowest BCUT2D eigenvalue weighted by atomic mass is 10.2. The molecule has 0 atom stereocenters. The van der Waals surface area contributed by atoms with Crippen molar-refractivity contribution in [1.82, 2.24) is 19.4 Å². The zero-order valence-corrected chi connectivity index (χ0v) is 13.6. The topological polar surface area (TPSA) is 91.6 Å². The van der Waals surface area contributed by atoms with E-state index in [1.54, 1.807) is 12.1 Å². The molecular formula is C15H16ClN5O3. The number of carboxylic acid groups (broad SMARTS) is 1. The number of hydrogen-bond acceptors (Lipinski definition) is 5.